The molecule has 0 rings (SSSR count). The van der Waals surface area contributed by atoms with Crippen molar-refractivity contribution in [1.29, 1.82) is 0 Å². The van der Waals surface area contributed by atoms with Crippen LogP contribution >= 0.6 is 0 Å². The largest absolute Gasteiger partial charge is 0.414 e. The molecule has 0 aromatic rings. The first kappa shape index (κ1) is 8.39. The molecule has 4 nitrogen and oxygen atoms in total. The minimum Gasteiger partial charge on any atom is -0.341 e. The van der Waals surface area contributed by atoms with Crippen molar-refractivity contribution < 1.29 is 19.7 Å². The van der Waals surface area contributed by atoms with Crippen LogP contribution < -0.4 is 0 Å². The van der Waals surface area contributed by atoms with Crippen LogP contribution in [0, 0.1) is 0 Å². The van der Waals surface area contributed by atoms with Crippen molar-refractivity contribution in [1.82, 2.24) is 0 Å². The van der Waals surface area contributed by atoms with Crippen molar-refractivity contribution in [2.24, 2.45) is 0 Å². The van der Waals surface area contributed by atoms with Crippen LogP contribution in [-0.2, 0) is 19.7 Å². The van der Waals surface area contributed by atoms with Gasteiger partial charge in [0.15, 0.2) is 0 Å². The van der Waals surface area contributed by atoms with E-state index in [2.05, 4.69) is 4.74 Å². The topological polar surface area (TPSA) is 66.1 Å². The van der Waals surface area contributed by atoms with Crippen LogP contribution in [-0.4, -0.2) is 18.9 Å². The van der Waals surface area contributed by atoms with Gasteiger partial charge in [-0.3, -0.25) is 0 Å². The summed E-state index contributed by atoms with van der Waals surface area (Å²) in [4.78, 5) is 9.66. The van der Waals surface area contributed by atoms with E-state index in [1.165, 1.54) is 0 Å². The molecule has 0 N–H and O–H groups in total. The summed E-state index contributed by atoms with van der Waals surface area (Å²) in [5.74, 6) is -1.71. The van der Waals surface area contributed by atoms with Crippen molar-refractivity contribution in [2.75, 3.05) is 6.61 Å². The summed E-state index contributed by atoms with van der Waals surface area (Å²) >= 11 is 0. The molecule has 0 aromatic carbocycles. The molecule has 0 amide bonds. The third kappa shape index (κ3) is 3.93. The molecule has 2 radical (unpaired) electrons. The van der Waals surface area contributed by atoms with Crippen LogP contribution in [0.4, 0.5) is 0 Å². The van der Waals surface area contributed by atoms with Crippen molar-refractivity contribution in [2.45, 2.75) is 19.6 Å². The minimum absolute atomic E-state index is 0.169. The zero-order valence-corrected chi connectivity index (χ0v) is 5.12. The van der Waals surface area contributed by atoms with Gasteiger partial charge >= 0.3 is 5.97 Å². The lowest BCUT2D eigenvalue weighted by molar-refractivity contribution is -0.195. The summed E-state index contributed by atoms with van der Waals surface area (Å²) in [5.41, 5.74) is 0. The molecule has 0 aliphatic heterocycles. The summed E-state index contributed by atoms with van der Waals surface area (Å²) < 4.78 is 4.23. The van der Waals surface area contributed by atoms with Gasteiger partial charge in [-0.15, -0.1) is 0 Å². The summed E-state index contributed by atoms with van der Waals surface area (Å²) in [6.45, 7) is 1.95. The lowest BCUT2D eigenvalue weighted by Crippen LogP contribution is -2.20. The van der Waals surface area contributed by atoms with Gasteiger partial charge in [0, 0.05) is 0 Å². The van der Waals surface area contributed by atoms with Gasteiger partial charge in [-0.25, -0.2) is 9.90 Å². The van der Waals surface area contributed by atoms with Gasteiger partial charge in [0.25, 0.3) is 6.29 Å². The molecule has 4 heteroatoms. The second-order valence-electron chi connectivity index (χ2n) is 1.52. The Balaban J connectivity index is 3.27. The Bertz CT molecular complexity index is 91.0. The minimum atomic E-state index is -2.02. The van der Waals surface area contributed by atoms with Gasteiger partial charge in [-0.05, 0) is 6.42 Å². The quantitative estimate of drug-likeness (QED) is 0.510. The Hall–Kier alpha value is -0.610. The zero-order chi connectivity index (χ0) is 7.28. The standard InChI is InChI=1S/C5H8O4/c1-2-3-9-5(8)4(6)7/h5H,2-3H2,1H3. The maximum absolute atomic E-state index is 10.1. The molecule has 0 aliphatic rings. The van der Waals surface area contributed by atoms with Crippen LogP contribution in [0.1, 0.15) is 13.3 Å². The second kappa shape index (κ2) is 4.29. The number of hydrogen-bond donors (Lipinski definition) is 0. The molecule has 0 spiro atoms. The fraction of sp³-hybridized carbons (Fsp3) is 0.800. The highest BCUT2D eigenvalue weighted by atomic mass is 16.6. The Morgan fingerprint density at radius 3 is 2.56 bits per heavy atom. The zero-order valence-electron chi connectivity index (χ0n) is 5.12. The lowest BCUT2D eigenvalue weighted by Gasteiger charge is -1.99. The number of carbonyl (C=O) groups is 1. The highest BCUT2D eigenvalue weighted by Crippen LogP contribution is 1.89. The van der Waals surface area contributed by atoms with E-state index in [1.54, 1.807) is 6.92 Å². The van der Waals surface area contributed by atoms with Gasteiger partial charge in [0.05, 0.1) is 6.61 Å². The highest BCUT2D eigenvalue weighted by molar-refractivity contribution is 5.69. The van der Waals surface area contributed by atoms with Gasteiger partial charge in [-0.2, -0.15) is 5.11 Å². The molecular weight excluding hydrogens is 124 g/mol. The summed E-state index contributed by atoms with van der Waals surface area (Å²) in [7, 11) is 0. The van der Waals surface area contributed by atoms with E-state index in [0.717, 1.165) is 0 Å². The average Bonchev–Trinajstić information content (AvgIpc) is 1.82. The fourth-order valence-electron chi connectivity index (χ4n) is 0.293. The average molecular weight is 132 g/mol. The van der Waals surface area contributed by atoms with E-state index < -0.39 is 12.3 Å². The van der Waals surface area contributed by atoms with E-state index in [4.69, 9.17) is 0 Å². The lowest BCUT2D eigenvalue weighted by atomic mass is 10.5. The Labute approximate surface area is 53.1 Å². The Morgan fingerprint density at radius 2 is 2.22 bits per heavy atom. The van der Waals surface area contributed by atoms with Crippen LogP contribution in [0.2, 0.25) is 0 Å². The first-order chi connectivity index (χ1) is 4.18. The second-order valence-corrected chi connectivity index (χ2v) is 1.52. The normalized spacial score (nSPS) is 13.1. The highest BCUT2D eigenvalue weighted by Gasteiger charge is 2.16. The first-order valence-electron chi connectivity index (χ1n) is 2.66. The van der Waals surface area contributed by atoms with E-state index in [1.807, 2.05) is 0 Å². The van der Waals surface area contributed by atoms with Crippen LogP contribution in [0.25, 0.3) is 0 Å². The third-order valence-corrected chi connectivity index (χ3v) is 0.666. The molecule has 9 heavy (non-hydrogen) atoms. The number of hydrogen-bond acceptors (Lipinski definition) is 2. The molecule has 0 aliphatic carbocycles. The smallest absolute Gasteiger partial charge is 0.341 e. The molecule has 52 valence electrons. The predicted octanol–water partition coefficient (Wildman–Crippen LogP) is 0.127. The molecular formula is C5H8O4. The van der Waals surface area contributed by atoms with Crippen molar-refractivity contribution in [3.8, 4) is 0 Å². The Kier molecular flexibility index (Phi) is 4.00. The summed E-state index contributed by atoms with van der Waals surface area (Å²) in [5, 5.41) is 19.8. The number of rotatable bonds is 4. The van der Waals surface area contributed by atoms with E-state index >= 15 is 0 Å². The van der Waals surface area contributed by atoms with Gasteiger partial charge in [-0.1, -0.05) is 6.92 Å². The number of ether oxygens (including phenoxy) is 1. The molecule has 0 heterocycles. The van der Waals surface area contributed by atoms with Crippen molar-refractivity contribution in [3.63, 3.8) is 0 Å². The van der Waals surface area contributed by atoms with Crippen molar-refractivity contribution >= 4 is 5.97 Å². The van der Waals surface area contributed by atoms with Gasteiger partial charge in [0.1, 0.15) is 0 Å². The van der Waals surface area contributed by atoms with Crippen LogP contribution in [0.3, 0.4) is 0 Å². The van der Waals surface area contributed by atoms with Gasteiger partial charge < -0.3 is 4.74 Å². The van der Waals surface area contributed by atoms with E-state index in [-0.39, 0.29) is 6.61 Å². The third-order valence-electron chi connectivity index (χ3n) is 0.666. The van der Waals surface area contributed by atoms with Crippen LogP contribution in [0.15, 0.2) is 0 Å². The molecule has 0 fully saturated rings. The van der Waals surface area contributed by atoms with Crippen molar-refractivity contribution in [3.05, 3.63) is 0 Å². The maximum atomic E-state index is 10.1. The molecule has 1 unspecified atom stereocenters. The molecule has 1 atom stereocenters. The van der Waals surface area contributed by atoms with Gasteiger partial charge in [0.2, 0.25) is 0 Å². The first-order valence-corrected chi connectivity index (χ1v) is 2.66. The molecule has 0 bridgehead atoms. The number of carbonyl (C=O) groups excluding carboxylic acids is 1. The molecule has 0 aromatic heterocycles. The Morgan fingerprint density at radius 1 is 1.67 bits per heavy atom. The SMILES string of the molecule is CCCOC([O])C([O])=O. The fourth-order valence-corrected chi connectivity index (χ4v) is 0.293. The maximum Gasteiger partial charge on any atom is 0.414 e. The monoisotopic (exact) mass is 132 g/mol. The van der Waals surface area contributed by atoms with E-state index in [0.29, 0.717) is 6.42 Å². The van der Waals surface area contributed by atoms with E-state index in [9.17, 15) is 15.0 Å². The molecule has 0 saturated carbocycles. The summed E-state index contributed by atoms with van der Waals surface area (Å²) in [6.07, 6.45) is -1.39. The predicted molar refractivity (Wildman–Crippen MR) is 26.4 cm³/mol. The molecule has 0 saturated heterocycles. The summed E-state index contributed by atoms with van der Waals surface area (Å²) in [6, 6.07) is 0. The van der Waals surface area contributed by atoms with Crippen LogP contribution in [0.5, 0.6) is 0 Å².